The van der Waals surface area contributed by atoms with E-state index in [0.717, 1.165) is 43.3 Å². The Morgan fingerprint density at radius 2 is 2.05 bits per heavy atom. The molecule has 1 atom stereocenters. The number of aromatic nitrogens is 2. The lowest BCUT2D eigenvalue weighted by Crippen LogP contribution is -2.10. The Hall–Kier alpha value is -1.88. The van der Waals surface area contributed by atoms with Crippen LogP contribution in [0.25, 0.3) is 0 Å². The van der Waals surface area contributed by atoms with Crippen molar-refractivity contribution in [1.82, 2.24) is 10.1 Å². The first-order valence-corrected chi connectivity index (χ1v) is 7.38. The van der Waals surface area contributed by atoms with E-state index >= 15 is 0 Å². The van der Waals surface area contributed by atoms with E-state index in [2.05, 4.69) is 22.3 Å². The smallest absolute Gasteiger partial charge is 0.237 e. The molecule has 0 spiro atoms. The van der Waals surface area contributed by atoms with Crippen LogP contribution in [0.15, 0.2) is 28.8 Å². The SMILES string of the molecule is COc1ccc(C2(c3nc([C@H]4CCOC4)no3)CC2)cc1. The molecule has 2 fully saturated rings. The Labute approximate surface area is 123 Å². The molecule has 21 heavy (non-hydrogen) atoms. The largest absolute Gasteiger partial charge is 0.497 e. The summed E-state index contributed by atoms with van der Waals surface area (Å²) in [6.45, 7) is 1.49. The molecule has 5 heteroatoms. The van der Waals surface area contributed by atoms with Crippen molar-refractivity contribution in [1.29, 1.82) is 0 Å². The number of hydrogen-bond donors (Lipinski definition) is 0. The lowest BCUT2D eigenvalue weighted by Gasteiger charge is -2.11. The van der Waals surface area contributed by atoms with Gasteiger partial charge in [0, 0.05) is 12.5 Å². The number of ether oxygens (including phenoxy) is 2. The third-order valence-corrected chi connectivity index (χ3v) is 4.54. The van der Waals surface area contributed by atoms with Gasteiger partial charge in [0.05, 0.1) is 19.1 Å². The Morgan fingerprint density at radius 3 is 2.67 bits per heavy atom. The fourth-order valence-corrected chi connectivity index (χ4v) is 2.99. The highest BCUT2D eigenvalue weighted by Crippen LogP contribution is 2.53. The van der Waals surface area contributed by atoms with Gasteiger partial charge in [0.25, 0.3) is 0 Å². The molecule has 0 radical (unpaired) electrons. The molecular formula is C16H18N2O3. The zero-order valence-electron chi connectivity index (χ0n) is 12.0. The van der Waals surface area contributed by atoms with Crippen LogP contribution in [0.3, 0.4) is 0 Å². The Bertz CT molecular complexity index is 625. The van der Waals surface area contributed by atoms with Crippen molar-refractivity contribution >= 4 is 0 Å². The number of methoxy groups -OCH3 is 1. The number of benzene rings is 1. The molecule has 0 amide bonds. The summed E-state index contributed by atoms with van der Waals surface area (Å²) in [7, 11) is 1.68. The maximum Gasteiger partial charge on any atom is 0.237 e. The molecule has 5 nitrogen and oxygen atoms in total. The average molecular weight is 286 g/mol. The Morgan fingerprint density at radius 1 is 1.24 bits per heavy atom. The normalized spacial score (nSPS) is 23.2. The molecule has 1 saturated carbocycles. The predicted molar refractivity (Wildman–Crippen MR) is 75.5 cm³/mol. The summed E-state index contributed by atoms with van der Waals surface area (Å²) in [5.41, 5.74) is 1.14. The van der Waals surface area contributed by atoms with Crippen LogP contribution in [-0.2, 0) is 10.2 Å². The van der Waals surface area contributed by atoms with E-state index in [-0.39, 0.29) is 11.3 Å². The molecule has 4 rings (SSSR count). The lowest BCUT2D eigenvalue weighted by molar-refractivity contribution is 0.192. The van der Waals surface area contributed by atoms with Crippen LogP contribution in [-0.4, -0.2) is 30.5 Å². The van der Waals surface area contributed by atoms with Gasteiger partial charge >= 0.3 is 0 Å². The van der Waals surface area contributed by atoms with Crippen LogP contribution >= 0.6 is 0 Å². The van der Waals surface area contributed by atoms with E-state index in [1.165, 1.54) is 5.56 Å². The highest BCUT2D eigenvalue weighted by molar-refractivity contribution is 5.41. The van der Waals surface area contributed by atoms with Crippen LogP contribution in [0.1, 0.15) is 42.5 Å². The average Bonchev–Trinajstić information content (AvgIpc) is 2.95. The van der Waals surface area contributed by atoms with Gasteiger partial charge in [0.2, 0.25) is 5.89 Å². The number of rotatable bonds is 4. The molecule has 0 bridgehead atoms. The van der Waals surface area contributed by atoms with Crippen LogP contribution in [0.4, 0.5) is 0 Å². The Kier molecular flexibility index (Phi) is 2.96. The monoisotopic (exact) mass is 286 g/mol. The van der Waals surface area contributed by atoms with Crippen molar-refractivity contribution in [2.75, 3.05) is 20.3 Å². The van der Waals surface area contributed by atoms with Gasteiger partial charge in [0.1, 0.15) is 5.75 Å². The minimum atomic E-state index is -0.0863. The van der Waals surface area contributed by atoms with E-state index in [1.54, 1.807) is 7.11 Å². The second-order valence-electron chi connectivity index (χ2n) is 5.83. The van der Waals surface area contributed by atoms with Gasteiger partial charge in [-0.15, -0.1) is 0 Å². The standard InChI is InChI=1S/C16H18N2O3/c1-19-13-4-2-12(3-5-13)16(7-8-16)15-17-14(18-21-15)11-6-9-20-10-11/h2-5,11H,6-10H2,1H3/t11-/m0/s1. The summed E-state index contributed by atoms with van der Waals surface area (Å²) in [4.78, 5) is 4.66. The van der Waals surface area contributed by atoms with Gasteiger partial charge in [-0.3, -0.25) is 0 Å². The van der Waals surface area contributed by atoms with E-state index in [4.69, 9.17) is 14.0 Å². The third kappa shape index (κ3) is 2.12. The van der Waals surface area contributed by atoms with Crippen LogP contribution in [0, 0.1) is 0 Å². The van der Waals surface area contributed by atoms with Crippen molar-refractivity contribution in [2.24, 2.45) is 0 Å². The fraction of sp³-hybridized carbons (Fsp3) is 0.500. The van der Waals surface area contributed by atoms with E-state index < -0.39 is 0 Å². The van der Waals surface area contributed by atoms with Crippen LogP contribution in [0.5, 0.6) is 5.75 Å². The summed E-state index contributed by atoms with van der Waals surface area (Å²) in [5.74, 6) is 2.69. The fourth-order valence-electron chi connectivity index (χ4n) is 2.99. The zero-order valence-corrected chi connectivity index (χ0v) is 12.0. The van der Waals surface area contributed by atoms with Gasteiger partial charge in [0.15, 0.2) is 5.82 Å². The molecule has 1 aromatic heterocycles. The van der Waals surface area contributed by atoms with Crippen molar-refractivity contribution in [2.45, 2.75) is 30.6 Å². The maximum absolute atomic E-state index is 5.57. The summed E-state index contributed by atoms with van der Waals surface area (Å²) in [6, 6.07) is 8.15. The number of hydrogen-bond acceptors (Lipinski definition) is 5. The van der Waals surface area contributed by atoms with Crippen molar-refractivity contribution < 1.29 is 14.0 Å². The van der Waals surface area contributed by atoms with Crippen molar-refractivity contribution in [3.8, 4) is 5.75 Å². The molecule has 1 aliphatic heterocycles. The van der Waals surface area contributed by atoms with Gasteiger partial charge < -0.3 is 14.0 Å². The predicted octanol–water partition coefficient (Wildman–Crippen LogP) is 2.66. The second kappa shape index (κ2) is 4.84. The first kappa shape index (κ1) is 12.8. The molecule has 1 aromatic carbocycles. The molecule has 0 unspecified atom stereocenters. The summed E-state index contributed by atoms with van der Waals surface area (Å²) in [5, 5.41) is 4.17. The molecular weight excluding hydrogens is 268 g/mol. The topological polar surface area (TPSA) is 57.4 Å². The molecule has 2 aliphatic rings. The minimum absolute atomic E-state index is 0.0863. The van der Waals surface area contributed by atoms with E-state index in [1.807, 2.05) is 12.1 Å². The molecule has 110 valence electrons. The van der Waals surface area contributed by atoms with Gasteiger partial charge in [-0.2, -0.15) is 4.98 Å². The zero-order chi connectivity index (χ0) is 14.3. The van der Waals surface area contributed by atoms with Gasteiger partial charge in [-0.05, 0) is 37.0 Å². The minimum Gasteiger partial charge on any atom is -0.497 e. The maximum atomic E-state index is 5.57. The number of nitrogens with zero attached hydrogens (tertiary/aromatic N) is 2. The third-order valence-electron chi connectivity index (χ3n) is 4.54. The van der Waals surface area contributed by atoms with Gasteiger partial charge in [-0.25, -0.2) is 0 Å². The van der Waals surface area contributed by atoms with Crippen LogP contribution in [0.2, 0.25) is 0 Å². The molecule has 1 aliphatic carbocycles. The summed E-state index contributed by atoms with van der Waals surface area (Å²) >= 11 is 0. The van der Waals surface area contributed by atoms with E-state index in [0.29, 0.717) is 6.61 Å². The van der Waals surface area contributed by atoms with E-state index in [9.17, 15) is 0 Å². The first-order valence-electron chi connectivity index (χ1n) is 7.38. The van der Waals surface area contributed by atoms with Crippen molar-refractivity contribution in [3.63, 3.8) is 0 Å². The second-order valence-corrected chi connectivity index (χ2v) is 5.83. The quantitative estimate of drug-likeness (QED) is 0.865. The van der Waals surface area contributed by atoms with Crippen molar-refractivity contribution in [3.05, 3.63) is 41.5 Å². The molecule has 0 N–H and O–H groups in total. The molecule has 1 saturated heterocycles. The lowest BCUT2D eigenvalue weighted by atomic mass is 9.96. The first-order chi connectivity index (χ1) is 10.3. The highest BCUT2D eigenvalue weighted by Gasteiger charge is 2.51. The molecule has 2 aromatic rings. The molecule has 2 heterocycles. The summed E-state index contributed by atoms with van der Waals surface area (Å²) < 4.78 is 16.2. The van der Waals surface area contributed by atoms with Gasteiger partial charge in [-0.1, -0.05) is 17.3 Å². The highest BCUT2D eigenvalue weighted by atomic mass is 16.5. The van der Waals surface area contributed by atoms with Crippen LogP contribution < -0.4 is 4.74 Å². The summed E-state index contributed by atoms with van der Waals surface area (Å²) in [6.07, 6.45) is 3.10. The Balaban J connectivity index is 1.62.